The summed E-state index contributed by atoms with van der Waals surface area (Å²) in [5, 5.41) is 9.62. The summed E-state index contributed by atoms with van der Waals surface area (Å²) in [4.78, 5) is 11.1. The summed E-state index contributed by atoms with van der Waals surface area (Å²) in [6, 6.07) is 5.99. The highest BCUT2D eigenvalue weighted by molar-refractivity contribution is 8.03. The molecule has 31 heavy (non-hydrogen) atoms. The number of aromatic nitrogens is 2. The molecule has 166 valence electrons. The predicted molar refractivity (Wildman–Crippen MR) is 132 cm³/mol. The average molecular weight is 480 g/mol. The zero-order valence-corrected chi connectivity index (χ0v) is 20.1. The van der Waals surface area contributed by atoms with Crippen molar-refractivity contribution in [1.82, 2.24) is 9.97 Å². The number of rotatable bonds is 7. The van der Waals surface area contributed by atoms with Crippen LogP contribution < -0.4 is 20.3 Å². The van der Waals surface area contributed by atoms with Crippen molar-refractivity contribution in [2.24, 2.45) is 0 Å². The Balaban J connectivity index is 1.47. The van der Waals surface area contributed by atoms with Crippen LogP contribution in [0.4, 0.5) is 23.1 Å². The zero-order valence-electron chi connectivity index (χ0n) is 17.7. The van der Waals surface area contributed by atoms with Crippen LogP contribution in [-0.2, 0) is 4.57 Å². The van der Waals surface area contributed by atoms with Crippen LogP contribution in [-0.4, -0.2) is 61.0 Å². The maximum atomic E-state index is 12.3. The first-order valence-electron chi connectivity index (χ1n) is 10.3. The third kappa shape index (κ3) is 5.68. The molecular weight excluding hydrogens is 453 g/mol. The van der Waals surface area contributed by atoms with Crippen molar-refractivity contribution in [1.29, 1.82) is 0 Å². The molecule has 1 aromatic carbocycles. The largest absolute Gasteiger partial charge is 0.494 e. The van der Waals surface area contributed by atoms with E-state index in [-0.39, 0.29) is 0 Å². The molecule has 4 rings (SSSR count). The maximum absolute atomic E-state index is 12.3. The molecule has 2 aliphatic rings. The molecule has 1 fully saturated rings. The maximum Gasteiger partial charge on any atom is 0.224 e. The molecule has 1 aromatic heterocycles. The van der Waals surface area contributed by atoms with Gasteiger partial charge in [-0.2, -0.15) is 4.98 Å². The van der Waals surface area contributed by atoms with E-state index in [2.05, 4.69) is 37.0 Å². The number of ether oxygens (including phenoxy) is 1. The first-order valence-corrected chi connectivity index (χ1v) is 14.1. The van der Waals surface area contributed by atoms with E-state index in [9.17, 15) is 4.57 Å². The number of methoxy groups -OCH3 is 1. The molecule has 0 aliphatic carbocycles. The van der Waals surface area contributed by atoms with E-state index in [0.29, 0.717) is 27.8 Å². The summed E-state index contributed by atoms with van der Waals surface area (Å²) in [5.41, 5.74) is 1.83. The fourth-order valence-corrected chi connectivity index (χ4v) is 6.10. The summed E-state index contributed by atoms with van der Waals surface area (Å²) in [6.45, 7) is 4.28. The van der Waals surface area contributed by atoms with Crippen molar-refractivity contribution in [3.05, 3.63) is 40.9 Å². The predicted octanol–water partition coefficient (Wildman–Crippen LogP) is 5.13. The van der Waals surface area contributed by atoms with Crippen molar-refractivity contribution in [2.45, 2.75) is 11.7 Å². The Labute approximate surface area is 192 Å². The lowest BCUT2D eigenvalue weighted by Gasteiger charge is -2.32. The van der Waals surface area contributed by atoms with Crippen LogP contribution in [0.25, 0.3) is 0 Å². The van der Waals surface area contributed by atoms with Crippen LogP contribution in [0.15, 0.2) is 35.9 Å². The number of hydrogen-bond donors (Lipinski definition) is 2. The minimum atomic E-state index is -1.97. The van der Waals surface area contributed by atoms with Crippen molar-refractivity contribution in [3.63, 3.8) is 0 Å². The van der Waals surface area contributed by atoms with E-state index < -0.39 is 7.14 Å². The van der Waals surface area contributed by atoms with E-state index in [1.54, 1.807) is 13.3 Å². The second-order valence-corrected chi connectivity index (χ2v) is 13.0. The second kappa shape index (κ2) is 9.72. The molecule has 0 spiro atoms. The van der Waals surface area contributed by atoms with Gasteiger partial charge < -0.3 is 24.8 Å². The van der Waals surface area contributed by atoms with Crippen LogP contribution in [0.3, 0.4) is 0 Å². The monoisotopic (exact) mass is 479 g/mol. The summed E-state index contributed by atoms with van der Waals surface area (Å²) in [7, 11) is -0.325. The number of anilines is 4. The first-order chi connectivity index (χ1) is 14.9. The van der Waals surface area contributed by atoms with Crippen LogP contribution in [0, 0.1) is 0 Å². The molecule has 2 aliphatic heterocycles. The van der Waals surface area contributed by atoms with Gasteiger partial charge in [-0.05, 0) is 30.6 Å². The molecule has 2 aromatic rings. The minimum absolute atomic E-state index is 0.434. The Morgan fingerprint density at radius 3 is 2.87 bits per heavy atom. The normalized spacial score (nSPS) is 20.0. The Kier molecular flexibility index (Phi) is 6.99. The minimum Gasteiger partial charge on any atom is -0.494 e. The molecule has 1 unspecified atom stereocenters. The van der Waals surface area contributed by atoms with Crippen LogP contribution >= 0.6 is 30.5 Å². The van der Waals surface area contributed by atoms with Gasteiger partial charge in [0.2, 0.25) is 5.95 Å². The summed E-state index contributed by atoms with van der Waals surface area (Å²) >= 11 is 8.16. The lowest BCUT2D eigenvalue weighted by molar-refractivity contribution is 0.417. The highest BCUT2D eigenvalue weighted by Gasteiger charge is 2.24. The number of halogens is 1. The van der Waals surface area contributed by atoms with Crippen molar-refractivity contribution >= 4 is 53.6 Å². The van der Waals surface area contributed by atoms with E-state index >= 15 is 0 Å². The summed E-state index contributed by atoms with van der Waals surface area (Å²) < 4.78 is 17.9. The smallest absolute Gasteiger partial charge is 0.224 e. The molecule has 0 saturated carbocycles. The van der Waals surface area contributed by atoms with Crippen molar-refractivity contribution < 1.29 is 9.30 Å². The van der Waals surface area contributed by atoms with E-state index in [4.69, 9.17) is 16.3 Å². The van der Waals surface area contributed by atoms with Gasteiger partial charge in [0.05, 0.1) is 26.1 Å². The lowest BCUT2D eigenvalue weighted by Crippen LogP contribution is -2.34. The molecule has 1 atom stereocenters. The third-order valence-corrected chi connectivity index (χ3v) is 9.15. The quantitative estimate of drug-likeness (QED) is 0.529. The molecule has 2 N–H and O–H groups in total. The molecule has 0 radical (unpaired) electrons. The molecule has 0 bridgehead atoms. The molecule has 10 heteroatoms. The Bertz CT molecular complexity index is 1000. The van der Waals surface area contributed by atoms with Gasteiger partial charge >= 0.3 is 0 Å². The molecule has 1 saturated heterocycles. The zero-order chi connectivity index (χ0) is 21.8. The highest BCUT2D eigenvalue weighted by atomic mass is 35.5. The Morgan fingerprint density at radius 2 is 2.16 bits per heavy atom. The topological polar surface area (TPSA) is 79.4 Å². The van der Waals surface area contributed by atoms with Crippen LogP contribution in [0.1, 0.15) is 6.42 Å². The number of thioether (sulfide) groups is 1. The van der Waals surface area contributed by atoms with Crippen molar-refractivity contribution in [3.8, 4) is 5.75 Å². The standard InChI is InChI=1S/C21H27ClN5O2PS/c1-29-19-12-15(27-7-9-30(2,28)10-8-27)5-6-18(19)25-20-17(22)14-24-21(26-20)23-13-16-4-3-11-31-16/h3,5-6,11-12,14,16H,4,7-10,13H2,1-2H3,(H2,23,24,25,26). The summed E-state index contributed by atoms with van der Waals surface area (Å²) in [5.74, 6) is 1.75. The number of nitrogens with zero attached hydrogens (tertiary/aromatic N) is 3. The lowest BCUT2D eigenvalue weighted by atomic mass is 10.2. The number of nitrogens with one attached hydrogen (secondary N) is 2. The average Bonchev–Trinajstić information content (AvgIpc) is 3.28. The second-order valence-electron chi connectivity index (χ2n) is 7.88. The van der Waals surface area contributed by atoms with Gasteiger partial charge in [0.25, 0.3) is 0 Å². The van der Waals surface area contributed by atoms with Gasteiger partial charge in [0.1, 0.15) is 10.8 Å². The summed E-state index contributed by atoms with van der Waals surface area (Å²) in [6.07, 6.45) is 6.31. The molecule has 7 nitrogen and oxygen atoms in total. The van der Waals surface area contributed by atoms with Crippen LogP contribution in [0.2, 0.25) is 5.02 Å². The van der Waals surface area contributed by atoms with Gasteiger partial charge in [-0.1, -0.05) is 17.7 Å². The molecule has 3 heterocycles. The fraction of sp³-hybridized carbons (Fsp3) is 0.429. The number of allylic oxidation sites excluding steroid dienone is 1. The van der Waals surface area contributed by atoms with Crippen LogP contribution in [0.5, 0.6) is 5.75 Å². The first kappa shape index (κ1) is 22.3. The molecule has 0 amide bonds. The molecular formula is C21H27ClN5O2PS. The third-order valence-electron chi connectivity index (χ3n) is 5.49. The van der Waals surface area contributed by atoms with E-state index in [1.807, 2.05) is 36.6 Å². The van der Waals surface area contributed by atoms with E-state index in [0.717, 1.165) is 49.8 Å². The van der Waals surface area contributed by atoms with Gasteiger partial charge in [0.15, 0.2) is 5.82 Å². The van der Waals surface area contributed by atoms with E-state index in [1.165, 1.54) is 0 Å². The van der Waals surface area contributed by atoms with Crippen molar-refractivity contribution in [2.75, 3.05) is 61.3 Å². The van der Waals surface area contributed by atoms with Gasteiger partial charge in [-0.25, -0.2) is 4.98 Å². The fourth-order valence-electron chi connectivity index (χ4n) is 3.56. The number of hydrogen-bond acceptors (Lipinski definition) is 8. The highest BCUT2D eigenvalue weighted by Crippen LogP contribution is 2.44. The van der Waals surface area contributed by atoms with Gasteiger partial charge in [-0.3, -0.25) is 0 Å². The Hall–Kier alpha value is -1.89. The van der Waals surface area contributed by atoms with Gasteiger partial charge in [-0.15, -0.1) is 11.8 Å². The Morgan fingerprint density at radius 1 is 1.35 bits per heavy atom. The number of benzene rings is 1. The van der Waals surface area contributed by atoms with Gasteiger partial charge in [0, 0.05) is 49.0 Å². The SMILES string of the molecule is COc1cc(N2CCP(C)(=O)CC2)ccc1Nc1nc(NCC2CC=CS2)ncc1Cl.